The first-order valence-corrected chi connectivity index (χ1v) is 5.76. The van der Waals surface area contributed by atoms with E-state index in [2.05, 4.69) is 0 Å². The predicted octanol–water partition coefficient (Wildman–Crippen LogP) is 2.07. The summed E-state index contributed by atoms with van der Waals surface area (Å²) >= 11 is 0. The SMILES string of the molecule is C[P+](C)=O.O=C1C2=CC=C1C=C2. The first kappa shape index (κ1) is 9.08. The molecule has 0 saturated carbocycles. The third kappa shape index (κ3) is 1.99. The van der Waals surface area contributed by atoms with Crippen LogP contribution in [0.2, 0.25) is 0 Å². The van der Waals surface area contributed by atoms with Crippen LogP contribution in [0.15, 0.2) is 35.5 Å². The van der Waals surface area contributed by atoms with E-state index in [1.165, 1.54) is 0 Å². The van der Waals surface area contributed by atoms with E-state index in [-0.39, 0.29) is 5.78 Å². The highest BCUT2D eigenvalue weighted by Gasteiger charge is 2.19. The minimum atomic E-state index is -0.870. The average molecular weight is 181 g/mol. The Bertz CT molecular complexity index is 293. The highest BCUT2D eigenvalue weighted by atomic mass is 31.1. The lowest BCUT2D eigenvalue weighted by Gasteiger charge is -1.78. The third-order valence-corrected chi connectivity index (χ3v) is 1.41. The first-order valence-electron chi connectivity index (χ1n) is 3.60. The molecule has 2 rings (SSSR count). The fourth-order valence-electron chi connectivity index (χ4n) is 0.940. The number of fused-ring (bicyclic) bond motifs is 2. The summed E-state index contributed by atoms with van der Waals surface area (Å²) in [5.74, 6) is 0.185. The van der Waals surface area contributed by atoms with Crippen LogP contribution in [0.25, 0.3) is 0 Å². The molecular weight excluding hydrogens is 171 g/mol. The average Bonchev–Trinajstić information content (AvgIpc) is 2.48. The van der Waals surface area contributed by atoms with Gasteiger partial charge in [-0.3, -0.25) is 4.79 Å². The summed E-state index contributed by atoms with van der Waals surface area (Å²) in [7, 11) is -0.870. The maximum Gasteiger partial charge on any atom is 0.332 e. The van der Waals surface area contributed by atoms with E-state index in [9.17, 15) is 9.36 Å². The molecule has 0 N–H and O–H groups in total. The molecule has 0 radical (unpaired) electrons. The summed E-state index contributed by atoms with van der Waals surface area (Å²) in [6.45, 7) is 3.35. The maximum absolute atomic E-state index is 10.8. The maximum atomic E-state index is 10.8. The van der Waals surface area contributed by atoms with Gasteiger partial charge in [0, 0.05) is 11.1 Å². The number of hydrogen-bond donors (Lipinski definition) is 0. The van der Waals surface area contributed by atoms with E-state index in [1.807, 2.05) is 24.3 Å². The lowest BCUT2D eigenvalue weighted by molar-refractivity contribution is -0.111. The zero-order valence-electron chi connectivity index (χ0n) is 7.07. The van der Waals surface area contributed by atoms with Gasteiger partial charge in [-0.1, -0.05) is 28.9 Å². The molecule has 0 atom stereocenters. The monoisotopic (exact) mass is 181 g/mol. The van der Waals surface area contributed by atoms with Crippen molar-refractivity contribution in [3.05, 3.63) is 35.5 Å². The number of ketones is 1. The smallest absolute Gasteiger partial charge is 0.289 e. The molecule has 3 heteroatoms. The van der Waals surface area contributed by atoms with Crippen LogP contribution >= 0.6 is 7.80 Å². The van der Waals surface area contributed by atoms with Gasteiger partial charge in [0.15, 0.2) is 5.78 Å². The highest BCUT2D eigenvalue weighted by molar-refractivity contribution is 7.42. The molecule has 0 aliphatic heterocycles. The van der Waals surface area contributed by atoms with Crippen molar-refractivity contribution in [2.45, 2.75) is 0 Å². The van der Waals surface area contributed by atoms with Crippen molar-refractivity contribution in [1.82, 2.24) is 0 Å². The molecule has 0 saturated heterocycles. The van der Waals surface area contributed by atoms with Gasteiger partial charge in [-0.05, 0) is 0 Å². The van der Waals surface area contributed by atoms with Gasteiger partial charge in [0.25, 0.3) is 0 Å². The van der Waals surface area contributed by atoms with Gasteiger partial charge in [-0.15, -0.1) is 0 Å². The molecule has 2 aliphatic rings. The number of hydrogen-bond acceptors (Lipinski definition) is 2. The number of carbonyl (C=O) groups is 1. The standard InChI is InChI=1S/C7H4O.C2H6OP/c8-7-5-1-2-6(7)4-3-5;1-4(2)3/h1-4H;1-2H3/q;+1. The Morgan fingerprint density at radius 1 is 1.08 bits per heavy atom. The molecule has 12 heavy (non-hydrogen) atoms. The molecule has 0 fully saturated rings. The van der Waals surface area contributed by atoms with E-state index >= 15 is 0 Å². The van der Waals surface area contributed by atoms with E-state index in [0.29, 0.717) is 0 Å². The molecule has 0 spiro atoms. The Morgan fingerprint density at radius 3 is 1.50 bits per heavy atom. The summed E-state index contributed by atoms with van der Waals surface area (Å²) < 4.78 is 9.59. The number of rotatable bonds is 0. The molecule has 2 nitrogen and oxygen atoms in total. The summed E-state index contributed by atoms with van der Waals surface area (Å²) in [6.07, 6.45) is 7.38. The molecule has 2 aliphatic carbocycles. The van der Waals surface area contributed by atoms with Crippen LogP contribution in [-0.4, -0.2) is 19.1 Å². The van der Waals surface area contributed by atoms with Crippen molar-refractivity contribution in [2.75, 3.05) is 13.3 Å². The van der Waals surface area contributed by atoms with Crippen molar-refractivity contribution in [2.24, 2.45) is 0 Å². The number of allylic oxidation sites excluding steroid dienone is 6. The molecule has 0 amide bonds. The molecular formula is C9H10O2P+. The van der Waals surface area contributed by atoms with Gasteiger partial charge in [0.05, 0.1) is 0 Å². The Morgan fingerprint density at radius 2 is 1.42 bits per heavy atom. The highest BCUT2D eigenvalue weighted by Crippen LogP contribution is 2.23. The van der Waals surface area contributed by atoms with E-state index in [1.54, 1.807) is 13.3 Å². The predicted molar refractivity (Wildman–Crippen MR) is 49.8 cm³/mol. The quantitative estimate of drug-likeness (QED) is 0.536. The second-order valence-corrected chi connectivity index (χ2v) is 4.34. The normalized spacial score (nSPS) is 16.7. The lowest BCUT2D eigenvalue weighted by Crippen LogP contribution is -1.89. The summed E-state index contributed by atoms with van der Waals surface area (Å²) in [5.41, 5.74) is 1.67. The van der Waals surface area contributed by atoms with Crippen LogP contribution < -0.4 is 0 Å². The van der Waals surface area contributed by atoms with Crippen molar-refractivity contribution < 1.29 is 9.36 Å². The molecule has 0 aromatic rings. The van der Waals surface area contributed by atoms with Crippen molar-refractivity contribution in [3.8, 4) is 0 Å². The van der Waals surface area contributed by atoms with E-state index in [0.717, 1.165) is 11.1 Å². The molecule has 0 aromatic carbocycles. The minimum Gasteiger partial charge on any atom is -0.289 e. The number of Topliss-reactive ketones (excluding diaryl/α,β-unsaturated/α-hetero) is 1. The second-order valence-electron chi connectivity index (χ2n) is 2.72. The zero-order valence-corrected chi connectivity index (χ0v) is 7.97. The lowest BCUT2D eigenvalue weighted by atomic mass is 10.2. The summed E-state index contributed by atoms with van der Waals surface area (Å²) in [5, 5.41) is 0. The Labute approximate surface area is 72.5 Å². The molecule has 2 bridgehead atoms. The second kappa shape index (κ2) is 3.59. The summed E-state index contributed by atoms with van der Waals surface area (Å²) in [6, 6.07) is 0. The van der Waals surface area contributed by atoms with Crippen molar-refractivity contribution in [1.29, 1.82) is 0 Å². The van der Waals surface area contributed by atoms with E-state index in [4.69, 9.17) is 0 Å². The fraction of sp³-hybridized carbons (Fsp3) is 0.222. The largest absolute Gasteiger partial charge is 0.332 e. The molecule has 0 heterocycles. The van der Waals surface area contributed by atoms with Gasteiger partial charge < -0.3 is 0 Å². The van der Waals surface area contributed by atoms with E-state index < -0.39 is 7.80 Å². The van der Waals surface area contributed by atoms with Crippen LogP contribution in [0.3, 0.4) is 0 Å². The van der Waals surface area contributed by atoms with Gasteiger partial charge in [0.2, 0.25) is 0 Å². The topological polar surface area (TPSA) is 34.1 Å². The van der Waals surface area contributed by atoms with Gasteiger partial charge in [0.1, 0.15) is 13.3 Å². The third-order valence-electron chi connectivity index (χ3n) is 1.41. The molecule has 62 valence electrons. The zero-order chi connectivity index (χ0) is 9.14. The van der Waals surface area contributed by atoms with Crippen molar-refractivity contribution >= 4 is 13.6 Å². The molecule has 0 unspecified atom stereocenters. The van der Waals surface area contributed by atoms with Crippen LogP contribution in [0.1, 0.15) is 0 Å². The van der Waals surface area contributed by atoms with Gasteiger partial charge >= 0.3 is 7.80 Å². The number of carbonyl (C=O) groups excluding carboxylic acids is 1. The van der Waals surface area contributed by atoms with Crippen molar-refractivity contribution in [3.63, 3.8) is 0 Å². The van der Waals surface area contributed by atoms with Crippen LogP contribution in [0.5, 0.6) is 0 Å². The minimum absolute atomic E-state index is 0.185. The Balaban J connectivity index is 0.000000157. The Kier molecular flexibility index (Phi) is 2.72. The van der Waals surface area contributed by atoms with Gasteiger partial charge in [-0.25, -0.2) is 0 Å². The molecule has 0 aromatic heterocycles. The Hall–Kier alpha value is -1.01. The first-order chi connectivity index (χ1) is 5.61. The van der Waals surface area contributed by atoms with Crippen LogP contribution in [0, 0.1) is 0 Å². The summed E-state index contributed by atoms with van der Waals surface area (Å²) in [4.78, 5) is 10.8. The van der Waals surface area contributed by atoms with Crippen LogP contribution in [-0.2, 0) is 9.36 Å². The van der Waals surface area contributed by atoms with Crippen LogP contribution in [0.4, 0.5) is 0 Å². The van der Waals surface area contributed by atoms with Gasteiger partial charge in [-0.2, -0.15) is 0 Å². The fourth-order valence-corrected chi connectivity index (χ4v) is 0.940.